The van der Waals surface area contributed by atoms with E-state index in [1.165, 1.54) is 0 Å². The number of nitrogens with one attached hydrogen (secondary N) is 1. The van der Waals surface area contributed by atoms with Crippen molar-refractivity contribution in [3.8, 4) is 0 Å². The number of nitrogens with zero attached hydrogens (tertiary/aromatic N) is 1. The highest BCUT2D eigenvalue weighted by Crippen LogP contribution is 2.22. The second kappa shape index (κ2) is 8.71. The molecule has 1 fully saturated rings. The van der Waals surface area contributed by atoms with Gasteiger partial charge < -0.3 is 10.1 Å². The molecule has 1 aromatic rings. The molecule has 1 aliphatic heterocycles. The maximum absolute atomic E-state index is 12.6. The smallest absolute Gasteiger partial charge is 0.407 e. The second-order valence-electron chi connectivity index (χ2n) is 7.61. The van der Waals surface area contributed by atoms with Crippen LogP contribution >= 0.6 is 15.9 Å². The van der Waals surface area contributed by atoms with Crippen LogP contribution in [0.3, 0.4) is 0 Å². The molecule has 2 rings (SSSR count). The minimum atomic E-state index is -3.32. The topological polar surface area (TPSA) is 75.7 Å². The quantitative estimate of drug-likeness (QED) is 0.750. The molecule has 6 nitrogen and oxygen atoms in total. The molecule has 0 aromatic heterocycles. The van der Waals surface area contributed by atoms with Gasteiger partial charge in [0, 0.05) is 24.1 Å². The van der Waals surface area contributed by atoms with Gasteiger partial charge in [0.25, 0.3) is 0 Å². The van der Waals surface area contributed by atoms with Crippen molar-refractivity contribution >= 4 is 32.0 Å². The van der Waals surface area contributed by atoms with Gasteiger partial charge in [-0.05, 0) is 57.2 Å². The van der Waals surface area contributed by atoms with Gasteiger partial charge in [0.2, 0.25) is 10.0 Å². The molecule has 146 valence electrons. The van der Waals surface area contributed by atoms with Crippen molar-refractivity contribution in [2.24, 2.45) is 5.92 Å². The van der Waals surface area contributed by atoms with Crippen LogP contribution in [0.5, 0.6) is 0 Å². The number of carbonyl (C=O) groups excluding carboxylic acids is 1. The highest BCUT2D eigenvalue weighted by Gasteiger charge is 2.28. The lowest BCUT2D eigenvalue weighted by Gasteiger charge is -2.31. The molecule has 1 saturated heterocycles. The van der Waals surface area contributed by atoms with Crippen molar-refractivity contribution in [3.63, 3.8) is 0 Å². The number of hydrogen-bond acceptors (Lipinski definition) is 4. The fourth-order valence-electron chi connectivity index (χ4n) is 2.82. The van der Waals surface area contributed by atoms with Crippen molar-refractivity contribution in [1.82, 2.24) is 9.62 Å². The van der Waals surface area contributed by atoms with Crippen molar-refractivity contribution in [3.05, 3.63) is 34.3 Å². The molecule has 0 radical (unpaired) electrons. The van der Waals surface area contributed by atoms with Gasteiger partial charge >= 0.3 is 6.09 Å². The number of carbonyl (C=O) groups is 1. The van der Waals surface area contributed by atoms with Crippen molar-refractivity contribution in [2.45, 2.75) is 45.0 Å². The number of halogens is 1. The minimum absolute atomic E-state index is 0.0150. The van der Waals surface area contributed by atoms with E-state index in [9.17, 15) is 13.2 Å². The average molecular weight is 447 g/mol. The minimum Gasteiger partial charge on any atom is -0.444 e. The average Bonchev–Trinajstić information content (AvgIpc) is 2.54. The van der Waals surface area contributed by atoms with Gasteiger partial charge in [-0.2, -0.15) is 0 Å². The largest absolute Gasteiger partial charge is 0.444 e. The van der Waals surface area contributed by atoms with Gasteiger partial charge in [0.1, 0.15) is 5.60 Å². The van der Waals surface area contributed by atoms with E-state index in [-0.39, 0.29) is 11.7 Å². The van der Waals surface area contributed by atoms with E-state index in [1.54, 1.807) is 4.31 Å². The first-order chi connectivity index (χ1) is 12.0. The predicted octanol–water partition coefficient (Wildman–Crippen LogP) is 3.52. The number of sulfonamides is 1. The summed E-state index contributed by atoms with van der Waals surface area (Å²) in [6.07, 6.45) is 1.04. The van der Waals surface area contributed by atoms with Gasteiger partial charge in [0.15, 0.2) is 0 Å². The molecular weight excluding hydrogens is 420 g/mol. The number of piperidine rings is 1. The molecule has 0 atom stereocenters. The summed E-state index contributed by atoms with van der Waals surface area (Å²) in [4.78, 5) is 11.7. The maximum Gasteiger partial charge on any atom is 0.407 e. The molecule has 26 heavy (non-hydrogen) atoms. The Morgan fingerprint density at radius 2 is 1.81 bits per heavy atom. The Kier molecular flexibility index (Phi) is 7.10. The summed E-state index contributed by atoms with van der Waals surface area (Å²) in [5, 5.41) is 2.77. The normalized spacial score (nSPS) is 17.1. The summed E-state index contributed by atoms with van der Waals surface area (Å²) in [6.45, 7) is 6.94. The van der Waals surface area contributed by atoms with Crippen LogP contribution in [-0.4, -0.2) is 44.1 Å². The Balaban J connectivity index is 1.80. The molecule has 1 amide bonds. The van der Waals surface area contributed by atoms with E-state index in [2.05, 4.69) is 21.2 Å². The molecule has 1 aliphatic rings. The highest BCUT2D eigenvalue weighted by molar-refractivity contribution is 9.10. The molecule has 0 saturated carbocycles. The molecule has 0 spiro atoms. The molecular formula is C18H27BrN2O4S. The predicted molar refractivity (Wildman–Crippen MR) is 105 cm³/mol. The van der Waals surface area contributed by atoms with Crippen LogP contribution < -0.4 is 5.32 Å². The molecule has 8 heteroatoms. The zero-order chi connectivity index (χ0) is 19.4. The molecule has 0 bridgehead atoms. The first kappa shape index (κ1) is 21.2. The summed E-state index contributed by atoms with van der Waals surface area (Å²) >= 11 is 3.35. The lowest BCUT2D eigenvalue weighted by molar-refractivity contribution is 0.0513. The number of rotatable bonds is 5. The van der Waals surface area contributed by atoms with E-state index in [1.807, 2.05) is 45.0 Å². The second-order valence-corrected chi connectivity index (χ2v) is 10.5. The Labute approximate surface area is 164 Å². The molecule has 0 aliphatic carbocycles. The molecule has 1 heterocycles. The van der Waals surface area contributed by atoms with E-state index < -0.39 is 21.7 Å². The third-order valence-corrected chi connectivity index (χ3v) is 6.54. The Morgan fingerprint density at radius 1 is 1.23 bits per heavy atom. The van der Waals surface area contributed by atoms with E-state index in [0.717, 1.165) is 22.9 Å². The van der Waals surface area contributed by atoms with Gasteiger partial charge in [-0.3, -0.25) is 0 Å². The Hall–Kier alpha value is -1.12. The zero-order valence-corrected chi connectivity index (χ0v) is 17.9. The maximum atomic E-state index is 12.6. The number of alkyl carbamates (subject to hydrolysis) is 1. The molecule has 0 unspecified atom stereocenters. The molecule has 1 N–H and O–H groups in total. The fourth-order valence-corrected chi connectivity index (χ4v) is 4.64. The SMILES string of the molecule is CC(C)(C)OC(=O)NCC1CCN(S(=O)(=O)Cc2ccc(Br)cc2)CC1. The van der Waals surface area contributed by atoms with Gasteiger partial charge in [-0.25, -0.2) is 17.5 Å². The third-order valence-electron chi connectivity index (χ3n) is 4.16. The summed E-state index contributed by atoms with van der Waals surface area (Å²) < 4.78 is 32.9. The first-order valence-corrected chi connectivity index (χ1v) is 11.1. The number of benzene rings is 1. The standard InChI is InChI=1S/C18H27BrN2O4S/c1-18(2,3)25-17(22)20-12-14-8-10-21(11-9-14)26(23,24)13-15-4-6-16(19)7-5-15/h4-7,14H,8-13H2,1-3H3,(H,20,22). The first-order valence-electron chi connectivity index (χ1n) is 8.74. The fraction of sp³-hybridized carbons (Fsp3) is 0.611. The van der Waals surface area contributed by atoms with Crippen LogP contribution in [0.4, 0.5) is 4.79 Å². The summed E-state index contributed by atoms with van der Waals surface area (Å²) in [7, 11) is -3.32. The van der Waals surface area contributed by atoms with Gasteiger partial charge in [-0.15, -0.1) is 0 Å². The van der Waals surface area contributed by atoms with Crippen LogP contribution in [0.15, 0.2) is 28.7 Å². The van der Waals surface area contributed by atoms with Crippen LogP contribution in [-0.2, 0) is 20.5 Å². The van der Waals surface area contributed by atoms with Gasteiger partial charge in [0.05, 0.1) is 5.75 Å². The molecule has 1 aromatic carbocycles. The lowest BCUT2D eigenvalue weighted by Crippen LogP contribution is -2.42. The van der Waals surface area contributed by atoms with Crippen molar-refractivity contribution in [1.29, 1.82) is 0 Å². The third kappa shape index (κ3) is 6.89. The van der Waals surface area contributed by atoms with Crippen LogP contribution in [0.25, 0.3) is 0 Å². The number of ether oxygens (including phenoxy) is 1. The lowest BCUT2D eigenvalue weighted by atomic mass is 9.98. The van der Waals surface area contributed by atoms with Gasteiger partial charge in [-0.1, -0.05) is 28.1 Å². The van der Waals surface area contributed by atoms with Crippen LogP contribution in [0.1, 0.15) is 39.2 Å². The van der Waals surface area contributed by atoms with E-state index >= 15 is 0 Å². The summed E-state index contributed by atoms with van der Waals surface area (Å²) in [6, 6.07) is 7.33. The highest BCUT2D eigenvalue weighted by atomic mass is 79.9. The summed E-state index contributed by atoms with van der Waals surface area (Å²) in [5.41, 5.74) is 0.260. The monoisotopic (exact) mass is 446 g/mol. The Morgan fingerprint density at radius 3 is 2.35 bits per heavy atom. The van der Waals surface area contributed by atoms with E-state index in [0.29, 0.717) is 19.6 Å². The van der Waals surface area contributed by atoms with E-state index in [4.69, 9.17) is 4.74 Å². The summed E-state index contributed by atoms with van der Waals surface area (Å²) in [5.74, 6) is 0.280. The van der Waals surface area contributed by atoms with Crippen molar-refractivity contribution < 1.29 is 17.9 Å². The number of amides is 1. The Bertz CT molecular complexity index is 706. The number of hydrogen-bond donors (Lipinski definition) is 1. The van der Waals surface area contributed by atoms with Crippen LogP contribution in [0.2, 0.25) is 0 Å². The van der Waals surface area contributed by atoms with Crippen molar-refractivity contribution in [2.75, 3.05) is 19.6 Å². The zero-order valence-electron chi connectivity index (χ0n) is 15.5. The van der Waals surface area contributed by atoms with Crippen LogP contribution in [0, 0.1) is 5.92 Å².